The quantitative estimate of drug-likeness (QED) is 0.572. The minimum Gasteiger partial charge on any atom is -0.480 e. The average Bonchev–Trinajstić information content (AvgIpc) is 1.99. The fraction of sp³-hybridized carbons (Fsp3) is 0.625. The first kappa shape index (κ1) is 13.2. The number of carboxylic acids is 1. The number of rotatable bonds is 5. The molecule has 0 aromatic heterocycles. The van der Waals surface area contributed by atoms with Crippen LogP contribution >= 0.6 is 0 Å². The van der Waals surface area contributed by atoms with Gasteiger partial charge in [-0.1, -0.05) is 0 Å². The van der Waals surface area contributed by atoms with E-state index in [0.717, 1.165) is 0 Å². The molecule has 0 radical (unpaired) electrons. The van der Waals surface area contributed by atoms with E-state index in [1.54, 1.807) is 13.8 Å². The number of alkyl carbamates (subject to hydrolysis) is 1. The first-order valence-electron chi connectivity index (χ1n) is 4.31. The Morgan fingerprint density at radius 3 is 2.27 bits per heavy atom. The summed E-state index contributed by atoms with van der Waals surface area (Å²) in [6.07, 6.45) is -1.73. The van der Waals surface area contributed by atoms with Crippen LogP contribution in [0, 0.1) is 0 Å². The summed E-state index contributed by atoms with van der Waals surface area (Å²) < 4.78 is 4.65. The zero-order chi connectivity index (χ0) is 12.0. The minimum atomic E-state index is -1.35. The van der Waals surface area contributed by atoms with Crippen molar-refractivity contribution in [1.29, 1.82) is 0 Å². The fourth-order valence-corrected chi connectivity index (χ4v) is 0.792. The van der Waals surface area contributed by atoms with Gasteiger partial charge in [-0.3, -0.25) is 4.79 Å². The lowest BCUT2D eigenvalue weighted by atomic mass is 10.2. The second kappa shape index (κ2) is 5.84. The summed E-state index contributed by atoms with van der Waals surface area (Å²) >= 11 is 0. The minimum absolute atomic E-state index is 0.368. The Bertz CT molecular complexity index is 264. The number of nitrogens with two attached hydrogens (primary N) is 1. The van der Waals surface area contributed by atoms with Crippen molar-refractivity contribution in [3.05, 3.63) is 0 Å². The lowest BCUT2D eigenvalue weighted by Crippen LogP contribution is -2.44. The van der Waals surface area contributed by atoms with Gasteiger partial charge in [-0.05, 0) is 13.8 Å². The molecule has 0 spiro atoms. The van der Waals surface area contributed by atoms with E-state index in [4.69, 9.17) is 10.8 Å². The van der Waals surface area contributed by atoms with Crippen molar-refractivity contribution in [3.8, 4) is 0 Å². The van der Waals surface area contributed by atoms with E-state index in [2.05, 4.69) is 4.74 Å². The van der Waals surface area contributed by atoms with E-state index >= 15 is 0 Å². The van der Waals surface area contributed by atoms with E-state index < -0.39 is 30.4 Å². The van der Waals surface area contributed by atoms with Gasteiger partial charge in [0.1, 0.15) is 6.04 Å². The normalized spacial score (nSPS) is 11.9. The van der Waals surface area contributed by atoms with Crippen LogP contribution in [0.3, 0.4) is 0 Å². The third-order valence-corrected chi connectivity index (χ3v) is 1.34. The van der Waals surface area contributed by atoms with Crippen molar-refractivity contribution in [2.24, 2.45) is 5.73 Å². The van der Waals surface area contributed by atoms with Crippen molar-refractivity contribution < 1.29 is 24.2 Å². The SMILES string of the molecule is CC(C)OC(=O)N[C@@H](CC(N)=O)C(=O)O. The predicted molar refractivity (Wildman–Crippen MR) is 50.0 cm³/mol. The number of ether oxygens (including phenoxy) is 1. The molecule has 0 heterocycles. The molecule has 1 atom stereocenters. The summed E-state index contributed by atoms with van der Waals surface area (Å²) in [5, 5.41) is 10.6. The Labute approximate surface area is 86.6 Å². The van der Waals surface area contributed by atoms with Crippen LogP contribution in [-0.2, 0) is 14.3 Å². The van der Waals surface area contributed by atoms with Crippen molar-refractivity contribution in [3.63, 3.8) is 0 Å². The van der Waals surface area contributed by atoms with Gasteiger partial charge in [0.05, 0.1) is 12.5 Å². The Balaban J connectivity index is 4.22. The number of nitrogens with one attached hydrogen (secondary N) is 1. The summed E-state index contributed by atoms with van der Waals surface area (Å²) in [5.41, 5.74) is 4.81. The summed E-state index contributed by atoms with van der Waals surface area (Å²) in [4.78, 5) is 32.1. The Kier molecular flexibility index (Phi) is 5.14. The van der Waals surface area contributed by atoms with E-state index in [1.807, 2.05) is 5.32 Å². The molecule has 4 N–H and O–H groups in total. The van der Waals surface area contributed by atoms with Crippen LogP contribution in [0.25, 0.3) is 0 Å². The van der Waals surface area contributed by atoms with Gasteiger partial charge >= 0.3 is 12.1 Å². The van der Waals surface area contributed by atoms with E-state index in [0.29, 0.717) is 0 Å². The average molecular weight is 218 g/mol. The molecule has 15 heavy (non-hydrogen) atoms. The Morgan fingerprint density at radius 2 is 1.93 bits per heavy atom. The van der Waals surface area contributed by atoms with Gasteiger partial charge < -0.3 is 20.9 Å². The highest BCUT2D eigenvalue weighted by Gasteiger charge is 2.22. The second-order valence-electron chi connectivity index (χ2n) is 3.16. The van der Waals surface area contributed by atoms with Gasteiger partial charge in [0.2, 0.25) is 5.91 Å². The van der Waals surface area contributed by atoms with Gasteiger partial charge in [-0.25, -0.2) is 9.59 Å². The molecule has 0 aromatic rings. The summed E-state index contributed by atoms with van der Waals surface area (Å²) in [6, 6.07) is -1.35. The molecule has 0 fully saturated rings. The zero-order valence-electron chi connectivity index (χ0n) is 8.52. The molecule has 0 bridgehead atoms. The highest BCUT2D eigenvalue weighted by Crippen LogP contribution is 1.95. The number of aliphatic carboxylic acids is 1. The smallest absolute Gasteiger partial charge is 0.408 e. The molecular formula is C8H14N2O5. The van der Waals surface area contributed by atoms with Crippen LogP contribution in [-0.4, -0.2) is 35.2 Å². The second-order valence-corrected chi connectivity index (χ2v) is 3.16. The maximum absolute atomic E-state index is 11.0. The fourth-order valence-electron chi connectivity index (χ4n) is 0.792. The molecule has 86 valence electrons. The summed E-state index contributed by atoms with van der Waals surface area (Å²) in [7, 11) is 0. The lowest BCUT2D eigenvalue weighted by molar-refractivity contribution is -0.141. The third kappa shape index (κ3) is 6.30. The molecule has 0 aromatic carbocycles. The number of amides is 2. The molecule has 2 amide bonds. The molecule has 7 nitrogen and oxygen atoms in total. The Hall–Kier alpha value is -1.79. The first-order chi connectivity index (χ1) is 6.82. The maximum atomic E-state index is 11.0. The standard InChI is InChI=1S/C8H14N2O5/c1-4(2)15-8(14)10-5(7(12)13)3-6(9)11/h4-5H,3H2,1-2H3,(H2,9,11)(H,10,14)(H,12,13)/t5-/m0/s1. The van der Waals surface area contributed by atoms with Crippen molar-refractivity contribution in [1.82, 2.24) is 5.32 Å². The maximum Gasteiger partial charge on any atom is 0.408 e. The van der Waals surface area contributed by atoms with Gasteiger partial charge in [-0.15, -0.1) is 0 Å². The number of carbonyl (C=O) groups excluding carboxylic acids is 2. The highest BCUT2D eigenvalue weighted by atomic mass is 16.6. The summed E-state index contributed by atoms with van der Waals surface area (Å²) in [5.74, 6) is -2.15. The lowest BCUT2D eigenvalue weighted by Gasteiger charge is -2.14. The number of primary amides is 1. The number of carbonyl (C=O) groups is 3. The van der Waals surface area contributed by atoms with Crippen molar-refractivity contribution in [2.75, 3.05) is 0 Å². The van der Waals surface area contributed by atoms with Gasteiger partial charge in [0, 0.05) is 0 Å². The molecule has 7 heteroatoms. The zero-order valence-corrected chi connectivity index (χ0v) is 8.52. The number of carboxylic acid groups (broad SMARTS) is 1. The molecule has 0 aliphatic carbocycles. The van der Waals surface area contributed by atoms with E-state index in [1.165, 1.54) is 0 Å². The topological polar surface area (TPSA) is 119 Å². The summed E-state index contributed by atoms with van der Waals surface area (Å²) in [6.45, 7) is 3.23. The van der Waals surface area contributed by atoms with Crippen LogP contribution < -0.4 is 11.1 Å². The molecule has 0 saturated heterocycles. The van der Waals surface area contributed by atoms with Crippen LogP contribution in [0.4, 0.5) is 4.79 Å². The number of hydrogen-bond donors (Lipinski definition) is 3. The molecular weight excluding hydrogens is 204 g/mol. The van der Waals surface area contributed by atoms with Crippen LogP contribution in [0.2, 0.25) is 0 Å². The largest absolute Gasteiger partial charge is 0.480 e. The van der Waals surface area contributed by atoms with Crippen LogP contribution in [0.1, 0.15) is 20.3 Å². The van der Waals surface area contributed by atoms with Gasteiger partial charge in [-0.2, -0.15) is 0 Å². The van der Waals surface area contributed by atoms with Crippen molar-refractivity contribution >= 4 is 18.0 Å². The molecule has 0 unspecified atom stereocenters. The van der Waals surface area contributed by atoms with E-state index in [-0.39, 0.29) is 6.10 Å². The predicted octanol–water partition coefficient (Wildman–Crippen LogP) is -0.550. The molecule has 0 saturated carbocycles. The molecule has 0 aliphatic heterocycles. The van der Waals surface area contributed by atoms with Crippen LogP contribution in [0.15, 0.2) is 0 Å². The van der Waals surface area contributed by atoms with Crippen LogP contribution in [0.5, 0.6) is 0 Å². The Morgan fingerprint density at radius 1 is 1.40 bits per heavy atom. The van der Waals surface area contributed by atoms with E-state index in [9.17, 15) is 14.4 Å². The monoisotopic (exact) mass is 218 g/mol. The molecule has 0 aliphatic rings. The van der Waals surface area contributed by atoms with Crippen molar-refractivity contribution in [2.45, 2.75) is 32.4 Å². The third-order valence-electron chi connectivity index (χ3n) is 1.34. The highest BCUT2D eigenvalue weighted by molar-refractivity contribution is 5.86. The first-order valence-corrected chi connectivity index (χ1v) is 4.31. The molecule has 0 rings (SSSR count). The number of hydrogen-bond acceptors (Lipinski definition) is 4. The van der Waals surface area contributed by atoms with Gasteiger partial charge in [0.25, 0.3) is 0 Å². The van der Waals surface area contributed by atoms with Gasteiger partial charge in [0.15, 0.2) is 0 Å².